The number of carbonyl (C=O) groups excluding carboxylic acids is 1. The van der Waals surface area contributed by atoms with Crippen molar-refractivity contribution in [3.05, 3.63) is 0 Å². The molecule has 0 aromatic carbocycles. The number of likely N-dealkylation sites (tertiary alicyclic amines) is 1. The lowest BCUT2D eigenvalue weighted by Crippen LogP contribution is -2.38. The minimum Gasteiger partial charge on any atom is -0.396 e. The van der Waals surface area contributed by atoms with Crippen LogP contribution < -0.4 is 0 Å². The van der Waals surface area contributed by atoms with Crippen molar-refractivity contribution in [3.63, 3.8) is 0 Å². The summed E-state index contributed by atoms with van der Waals surface area (Å²) in [5.41, 5.74) is 0. The summed E-state index contributed by atoms with van der Waals surface area (Å²) in [5, 5.41) is 9.17. The second-order valence-corrected chi connectivity index (χ2v) is 5.16. The van der Waals surface area contributed by atoms with Crippen molar-refractivity contribution < 1.29 is 9.90 Å². The van der Waals surface area contributed by atoms with Gasteiger partial charge in [0.05, 0.1) is 0 Å². The van der Waals surface area contributed by atoms with Gasteiger partial charge in [-0.05, 0) is 52.1 Å². The summed E-state index contributed by atoms with van der Waals surface area (Å²) < 4.78 is 0. The molecule has 0 saturated carbocycles. The minimum absolute atomic E-state index is 0.274. The number of aliphatic hydroxyl groups excluding tert-OH is 1. The molecule has 0 bridgehead atoms. The number of piperidine rings is 1. The molecule has 1 N–H and O–H groups in total. The summed E-state index contributed by atoms with van der Waals surface area (Å²) in [5.74, 6) is 0.716. The van der Waals surface area contributed by atoms with Crippen molar-refractivity contribution in [2.45, 2.75) is 39.5 Å². The van der Waals surface area contributed by atoms with Gasteiger partial charge in [0.15, 0.2) is 0 Å². The topological polar surface area (TPSA) is 43.8 Å². The van der Waals surface area contributed by atoms with Crippen LogP contribution >= 0.6 is 0 Å². The van der Waals surface area contributed by atoms with Gasteiger partial charge in [0.25, 0.3) is 0 Å². The number of rotatable bonds is 7. The van der Waals surface area contributed by atoms with Crippen LogP contribution in [0, 0.1) is 5.92 Å². The third-order valence-electron chi connectivity index (χ3n) is 3.84. The van der Waals surface area contributed by atoms with E-state index in [1.165, 1.54) is 6.42 Å². The molecule has 0 radical (unpaired) electrons. The molecule has 1 saturated heterocycles. The maximum Gasteiger partial charge on any atom is 0.222 e. The second-order valence-electron chi connectivity index (χ2n) is 5.16. The van der Waals surface area contributed by atoms with E-state index >= 15 is 0 Å². The third-order valence-corrected chi connectivity index (χ3v) is 3.84. The van der Waals surface area contributed by atoms with E-state index < -0.39 is 0 Å². The highest BCUT2D eigenvalue weighted by atomic mass is 16.3. The van der Waals surface area contributed by atoms with Crippen LogP contribution in [0.1, 0.15) is 39.5 Å². The monoisotopic (exact) mass is 256 g/mol. The number of hydrogen-bond acceptors (Lipinski definition) is 3. The molecule has 1 fully saturated rings. The van der Waals surface area contributed by atoms with Gasteiger partial charge >= 0.3 is 0 Å². The van der Waals surface area contributed by atoms with E-state index in [1.54, 1.807) is 0 Å². The van der Waals surface area contributed by atoms with Gasteiger partial charge in [-0.2, -0.15) is 0 Å². The van der Waals surface area contributed by atoms with E-state index in [0.29, 0.717) is 18.9 Å². The first-order valence-corrected chi connectivity index (χ1v) is 7.32. The summed E-state index contributed by atoms with van der Waals surface area (Å²) in [7, 11) is 0. The fraction of sp³-hybridized carbons (Fsp3) is 0.929. The summed E-state index contributed by atoms with van der Waals surface area (Å²) in [6.45, 7) is 9.08. The Kier molecular flexibility index (Phi) is 7.28. The maximum absolute atomic E-state index is 11.8. The molecule has 1 unspecified atom stereocenters. The number of aliphatic hydroxyl groups is 1. The average Bonchev–Trinajstić information content (AvgIpc) is 2.40. The summed E-state index contributed by atoms with van der Waals surface area (Å²) in [6.07, 6.45) is 3.91. The second kappa shape index (κ2) is 8.48. The van der Waals surface area contributed by atoms with E-state index in [1.807, 2.05) is 18.7 Å². The van der Waals surface area contributed by atoms with Gasteiger partial charge in [-0.1, -0.05) is 0 Å². The smallest absolute Gasteiger partial charge is 0.222 e. The zero-order chi connectivity index (χ0) is 13.4. The summed E-state index contributed by atoms with van der Waals surface area (Å²) in [6, 6.07) is 0. The van der Waals surface area contributed by atoms with Gasteiger partial charge in [-0.3, -0.25) is 4.79 Å². The Hall–Kier alpha value is -0.610. The fourth-order valence-electron chi connectivity index (χ4n) is 2.69. The first-order chi connectivity index (χ1) is 8.71. The Morgan fingerprint density at radius 3 is 2.72 bits per heavy atom. The minimum atomic E-state index is 0.274. The lowest BCUT2D eigenvalue weighted by molar-refractivity contribution is -0.131. The first-order valence-electron chi connectivity index (χ1n) is 7.32. The number of nitrogens with zero attached hydrogens (tertiary/aromatic N) is 2. The van der Waals surface area contributed by atoms with Crippen LogP contribution in [0.2, 0.25) is 0 Å². The highest BCUT2D eigenvalue weighted by Crippen LogP contribution is 2.16. The van der Waals surface area contributed by atoms with Crippen molar-refractivity contribution in [1.29, 1.82) is 0 Å². The highest BCUT2D eigenvalue weighted by molar-refractivity contribution is 5.76. The lowest BCUT2D eigenvalue weighted by atomic mass is 9.99. The summed E-state index contributed by atoms with van der Waals surface area (Å²) in [4.78, 5) is 16.1. The van der Waals surface area contributed by atoms with Crippen LogP contribution in [0.15, 0.2) is 0 Å². The molecule has 0 aliphatic carbocycles. The van der Waals surface area contributed by atoms with Gasteiger partial charge < -0.3 is 14.9 Å². The summed E-state index contributed by atoms with van der Waals surface area (Å²) >= 11 is 0. The standard InChI is InChI=1S/C14H28N2O2/c1-3-16(4-2)14(18)8-6-10-15-9-5-7-13(11-15)12-17/h13,17H,3-12H2,1-2H3. The first kappa shape index (κ1) is 15.4. The van der Waals surface area contributed by atoms with E-state index in [0.717, 1.165) is 45.6 Å². The molecule has 1 amide bonds. The van der Waals surface area contributed by atoms with Crippen LogP contribution in [-0.2, 0) is 4.79 Å². The zero-order valence-electron chi connectivity index (χ0n) is 11.9. The van der Waals surface area contributed by atoms with Crippen LogP contribution in [0.5, 0.6) is 0 Å². The maximum atomic E-state index is 11.8. The van der Waals surface area contributed by atoms with Gasteiger partial charge in [-0.15, -0.1) is 0 Å². The van der Waals surface area contributed by atoms with Crippen LogP contribution in [-0.4, -0.2) is 60.1 Å². The van der Waals surface area contributed by atoms with Gasteiger partial charge in [0, 0.05) is 32.7 Å². The molecule has 1 aliphatic heterocycles. The van der Waals surface area contributed by atoms with Gasteiger partial charge in [0.1, 0.15) is 0 Å². The van der Waals surface area contributed by atoms with Crippen molar-refractivity contribution in [3.8, 4) is 0 Å². The fourth-order valence-corrected chi connectivity index (χ4v) is 2.69. The van der Waals surface area contributed by atoms with Crippen molar-refractivity contribution in [2.24, 2.45) is 5.92 Å². The predicted octanol–water partition coefficient (Wildman–Crippen LogP) is 1.34. The third kappa shape index (κ3) is 4.94. The van der Waals surface area contributed by atoms with E-state index in [9.17, 15) is 9.90 Å². The molecule has 0 aromatic rings. The highest BCUT2D eigenvalue weighted by Gasteiger charge is 2.19. The molecule has 1 atom stereocenters. The normalized spacial score (nSPS) is 20.9. The van der Waals surface area contributed by atoms with Gasteiger partial charge in [0.2, 0.25) is 5.91 Å². The number of amides is 1. The van der Waals surface area contributed by atoms with Crippen LogP contribution in [0.3, 0.4) is 0 Å². The number of hydrogen-bond donors (Lipinski definition) is 1. The van der Waals surface area contributed by atoms with E-state index in [2.05, 4.69) is 4.90 Å². The molecule has 1 rings (SSSR count). The van der Waals surface area contributed by atoms with E-state index in [-0.39, 0.29) is 5.91 Å². The molecule has 18 heavy (non-hydrogen) atoms. The molecule has 0 aromatic heterocycles. The van der Waals surface area contributed by atoms with Crippen molar-refractivity contribution in [2.75, 3.05) is 39.3 Å². The van der Waals surface area contributed by atoms with Crippen LogP contribution in [0.25, 0.3) is 0 Å². The Morgan fingerprint density at radius 2 is 2.11 bits per heavy atom. The van der Waals surface area contributed by atoms with Crippen molar-refractivity contribution >= 4 is 5.91 Å². The average molecular weight is 256 g/mol. The Bertz CT molecular complexity index is 242. The Balaban J connectivity index is 2.19. The predicted molar refractivity (Wildman–Crippen MR) is 73.4 cm³/mol. The Morgan fingerprint density at radius 1 is 1.39 bits per heavy atom. The van der Waals surface area contributed by atoms with E-state index in [4.69, 9.17) is 0 Å². The van der Waals surface area contributed by atoms with Crippen LogP contribution in [0.4, 0.5) is 0 Å². The van der Waals surface area contributed by atoms with Gasteiger partial charge in [-0.25, -0.2) is 0 Å². The SMILES string of the molecule is CCN(CC)C(=O)CCCN1CCCC(CO)C1. The molecular weight excluding hydrogens is 228 g/mol. The molecule has 106 valence electrons. The van der Waals surface area contributed by atoms with Crippen molar-refractivity contribution in [1.82, 2.24) is 9.80 Å². The number of carbonyl (C=O) groups is 1. The molecular formula is C14H28N2O2. The molecule has 1 heterocycles. The molecule has 0 spiro atoms. The molecule has 4 heteroatoms. The molecule has 4 nitrogen and oxygen atoms in total. The lowest BCUT2D eigenvalue weighted by Gasteiger charge is -2.31. The largest absolute Gasteiger partial charge is 0.396 e. The Labute approximate surface area is 111 Å². The molecule has 1 aliphatic rings. The quantitative estimate of drug-likeness (QED) is 0.747. The zero-order valence-corrected chi connectivity index (χ0v) is 11.9.